The summed E-state index contributed by atoms with van der Waals surface area (Å²) in [7, 11) is 6.66. The predicted octanol–water partition coefficient (Wildman–Crippen LogP) is 18.5. The van der Waals surface area contributed by atoms with Crippen LogP contribution >= 0.6 is 0 Å². The van der Waals surface area contributed by atoms with E-state index in [0.29, 0.717) is 0 Å². The standard InChI is InChI=1S/3C28H24N2O2.Ru/c2*1-32-26-12-10-22(11-13-26)3-7-24-15-17-30-28(19-24)27-18-23(14-16-29-27)6-2-21-4-8-25(20-31)9-5-21;1-31-25-11-7-21(8-12-25)3-5-23-15-17-29-27(19-23)28-20-24(16-18-30-28)6-4-22-9-13-26(32-2)14-10-22;/h2*2-19,31H,20H2,1H3;3-20H,1-2H3;/b2*6-2+,7-3+;5-3+,6-4+;. The van der Waals surface area contributed by atoms with Gasteiger partial charge in [-0.1, -0.05) is 170 Å². The second-order valence-corrected chi connectivity index (χ2v) is 21.7. The van der Waals surface area contributed by atoms with Crippen LogP contribution < -0.4 is 18.9 Å². The number of hydrogen-bond donors (Lipinski definition) is 2. The Morgan fingerprint density at radius 1 is 0.227 bits per heavy atom. The third-order valence-electron chi connectivity index (χ3n) is 15.1. The zero-order valence-electron chi connectivity index (χ0n) is 54.2. The number of rotatable bonds is 21. The summed E-state index contributed by atoms with van der Waals surface area (Å²) in [6, 6.07) is 71.5. The molecule has 13 heteroatoms. The van der Waals surface area contributed by atoms with Crippen LogP contribution in [-0.2, 0) is 32.7 Å². The summed E-state index contributed by atoms with van der Waals surface area (Å²) in [6.45, 7) is 0.109. The third kappa shape index (κ3) is 21.7. The zero-order chi connectivity index (χ0) is 66.5. The molecule has 482 valence electrons. The summed E-state index contributed by atoms with van der Waals surface area (Å²) in [5, 5.41) is 18.3. The smallest absolute Gasteiger partial charge is 0.118 e. The Morgan fingerprint density at radius 2 is 0.381 bits per heavy atom. The SMILES string of the molecule is COc1ccc(/C=C/c2ccnc(-c3cc(/C=C/c4ccc(CO)cc4)ccn3)c2)cc1.COc1ccc(/C=C/c2ccnc(-c3cc(/C=C/c4ccc(CO)cc4)ccn3)c2)cc1.COc1ccc(/C=C/c2ccnc(-c3cc(/C=C/c4ccc(OC)cc4)ccn3)c2)cc1.[Ru]. The first-order valence-corrected chi connectivity index (χ1v) is 31.0. The van der Waals surface area contributed by atoms with E-state index in [2.05, 4.69) is 78.5 Å². The van der Waals surface area contributed by atoms with Crippen molar-refractivity contribution in [3.63, 3.8) is 0 Å². The van der Waals surface area contributed by atoms with Crippen molar-refractivity contribution in [2.75, 3.05) is 28.4 Å². The van der Waals surface area contributed by atoms with E-state index in [4.69, 9.17) is 29.2 Å². The van der Waals surface area contributed by atoms with Gasteiger partial charge >= 0.3 is 0 Å². The summed E-state index contributed by atoms with van der Waals surface area (Å²) in [4.78, 5) is 27.0. The van der Waals surface area contributed by atoms with Crippen molar-refractivity contribution < 1.29 is 48.6 Å². The first-order chi connectivity index (χ1) is 47.2. The Bertz CT molecular complexity index is 3860. The van der Waals surface area contributed by atoms with Gasteiger partial charge in [-0.25, -0.2) is 0 Å². The Balaban J connectivity index is 0.000000170. The quantitative estimate of drug-likeness (QED) is 0.0658. The molecule has 0 spiro atoms. The Kier molecular flexibility index (Phi) is 26.4. The van der Waals surface area contributed by atoms with Crippen LogP contribution in [0.15, 0.2) is 256 Å². The van der Waals surface area contributed by atoms with Crippen molar-refractivity contribution in [3.8, 4) is 57.2 Å². The second kappa shape index (κ2) is 36.7. The first-order valence-electron chi connectivity index (χ1n) is 31.0. The van der Waals surface area contributed by atoms with Crippen molar-refractivity contribution in [2.24, 2.45) is 0 Å². The molecule has 6 heterocycles. The molecule has 0 aliphatic rings. The molecule has 0 aliphatic heterocycles. The molecule has 6 aromatic carbocycles. The molecule has 97 heavy (non-hydrogen) atoms. The molecule has 0 fully saturated rings. The van der Waals surface area contributed by atoms with E-state index in [0.717, 1.165) is 135 Å². The van der Waals surface area contributed by atoms with Gasteiger partial charge in [-0.2, -0.15) is 0 Å². The summed E-state index contributed by atoms with van der Waals surface area (Å²) in [6.07, 6.45) is 35.5. The molecule has 12 nitrogen and oxygen atoms in total. The number of ether oxygens (including phenoxy) is 4. The van der Waals surface area contributed by atoms with Crippen molar-refractivity contribution in [1.82, 2.24) is 29.9 Å². The molecule has 2 N–H and O–H groups in total. The maximum absolute atomic E-state index is 9.17. The van der Waals surface area contributed by atoms with Crippen LogP contribution in [-0.4, -0.2) is 68.6 Å². The van der Waals surface area contributed by atoms with Gasteiger partial charge in [0.1, 0.15) is 23.0 Å². The fraction of sp³-hybridized carbons (Fsp3) is 0.0714. The molecule has 0 amide bonds. The van der Waals surface area contributed by atoms with Crippen LogP contribution in [0.25, 0.3) is 107 Å². The first kappa shape index (κ1) is 69.7. The molecule has 12 rings (SSSR count). The van der Waals surface area contributed by atoms with Crippen LogP contribution in [0, 0.1) is 0 Å². The molecule has 0 unspecified atom stereocenters. The van der Waals surface area contributed by atoms with E-state index in [1.165, 1.54) is 0 Å². The average molecular weight is 1360 g/mol. The number of hydrogen-bond acceptors (Lipinski definition) is 12. The maximum Gasteiger partial charge on any atom is 0.118 e. The number of methoxy groups -OCH3 is 4. The van der Waals surface area contributed by atoms with Crippen molar-refractivity contribution >= 4 is 72.9 Å². The van der Waals surface area contributed by atoms with Crippen molar-refractivity contribution in [1.29, 1.82) is 0 Å². The molecule has 12 aromatic rings. The predicted molar refractivity (Wildman–Crippen MR) is 393 cm³/mol. The maximum atomic E-state index is 9.17. The molecular weight excluding hydrogens is 1290 g/mol. The van der Waals surface area contributed by atoms with Crippen LogP contribution in [0.5, 0.6) is 23.0 Å². The summed E-state index contributed by atoms with van der Waals surface area (Å²) < 4.78 is 20.8. The van der Waals surface area contributed by atoms with Gasteiger partial charge in [-0.3, -0.25) is 29.9 Å². The van der Waals surface area contributed by atoms with Crippen LogP contribution in [0.2, 0.25) is 0 Å². The van der Waals surface area contributed by atoms with Gasteiger partial charge in [0.2, 0.25) is 0 Å². The van der Waals surface area contributed by atoms with Crippen LogP contribution in [0.4, 0.5) is 0 Å². The van der Waals surface area contributed by atoms with E-state index in [9.17, 15) is 0 Å². The van der Waals surface area contributed by atoms with Gasteiger partial charge in [0, 0.05) is 56.7 Å². The van der Waals surface area contributed by atoms with Gasteiger partial charge in [-0.15, -0.1) is 0 Å². The molecule has 0 bridgehead atoms. The van der Waals surface area contributed by atoms with Crippen molar-refractivity contribution in [3.05, 3.63) is 333 Å². The molecule has 0 saturated carbocycles. The Labute approximate surface area is 580 Å². The minimum Gasteiger partial charge on any atom is -0.497 e. The van der Waals surface area contributed by atoms with Crippen LogP contribution in [0.1, 0.15) is 77.9 Å². The molecule has 0 saturated heterocycles. The summed E-state index contributed by atoms with van der Waals surface area (Å²) in [5.74, 6) is 3.38. The molecular formula is C84H72N6O6Ru. The second-order valence-electron chi connectivity index (χ2n) is 21.7. The monoisotopic (exact) mass is 1360 g/mol. The van der Waals surface area contributed by atoms with E-state index in [1.807, 2.05) is 255 Å². The normalized spacial score (nSPS) is 11.2. The number of aromatic nitrogens is 6. The summed E-state index contributed by atoms with van der Waals surface area (Å²) in [5.41, 5.74) is 19.6. The largest absolute Gasteiger partial charge is 0.497 e. The minimum atomic E-state index is 0. The number of aliphatic hydroxyl groups is 2. The van der Waals surface area contributed by atoms with E-state index in [-0.39, 0.29) is 32.7 Å². The Morgan fingerprint density at radius 3 is 0.536 bits per heavy atom. The van der Waals surface area contributed by atoms with Gasteiger partial charge < -0.3 is 29.2 Å². The average Bonchev–Trinajstić information content (AvgIpc) is 1.14. The van der Waals surface area contributed by atoms with E-state index >= 15 is 0 Å². The van der Waals surface area contributed by atoms with Crippen molar-refractivity contribution in [2.45, 2.75) is 13.2 Å². The number of pyridine rings is 6. The fourth-order valence-electron chi connectivity index (χ4n) is 9.63. The van der Waals surface area contributed by atoms with Gasteiger partial charge in [0.15, 0.2) is 0 Å². The number of nitrogens with zero attached hydrogens (tertiary/aromatic N) is 6. The van der Waals surface area contributed by atoms with E-state index in [1.54, 1.807) is 53.2 Å². The van der Waals surface area contributed by atoms with Gasteiger partial charge in [0.05, 0.1) is 75.8 Å². The topological polar surface area (TPSA) is 155 Å². The molecule has 0 radical (unpaired) electrons. The number of aliphatic hydroxyl groups excluding tert-OH is 2. The Hall–Kier alpha value is -11.6. The number of benzene rings is 6. The minimum absolute atomic E-state index is 0. The molecule has 0 aliphatic carbocycles. The summed E-state index contributed by atoms with van der Waals surface area (Å²) >= 11 is 0. The van der Waals surface area contributed by atoms with E-state index < -0.39 is 0 Å². The van der Waals surface area contributed by atoms with Gasteiger partial charge in [-0.05, 0) is 199 Å². The van der Waals surface area contributed by atoms with Gasteiger partial charge in [0.25, 0.3) is 0 Å². The third-order valence-corrected chi connectivity index (χ3v) is 15.1. The zero-order valence-corrected chi connectivity index (χ0v) is 55.9. The fourth-order valence-corrected chi connectivity index (χ4v) is 9.63. The molecule has 6 aromatic heterocycles. The van der Waals surface area contributed by atoms with Crippen LogP contribution in [0.3, 0.4) is 0 Å². The molecule has 0 atom stereocenters.